The molecule has 0 aromatic heterocycles. The third-order valence-electron chi connectivity index (χ3n) is 5.84. The summed E-state index contributed by atoms with van der Waals surface area (Å²) in [5.41, 5.74) is 2.66. The summed E-state index contributed by atoms with van der Waals surface area (Å²) in [5.74, 6) is -0.318. The highest BCUT2D eigenvalue weighted by Crippen LogP contribution is 2.24. The zero-order chi connectivity index (χ0) is 21.5. The minimum absolute atomic E-state index is 0.00703. The van der Waals surface area contributed by atoms with E-state index in [1.807, 2.05) is 44.3 Å². The Kier molecular flexibility index (Phi) is 7.57. The van der Waals surface area contributed by atoms with Crippen molar-refractivity contribution >= 4 is 11.8 Å². The van der Waals surface area contributed by atoms with Crippen LogP contribution in [-0.2, 0) is 11.2 Å². The molecule has 0 saturated carbocycles. The van der Waals surface area contributed by atoms with Gasteiger partial charge in [-0.15, -0.1) is 0 Å². The van der Waals surface area contributed by atoms with Gasteiger partial charge in [-0.25, -0.2) is 4.39 Å². The summed E-state index contributed by atoms with van der Waals surface area (Å²) < 4.78 is 13.2. The molecule has 2 N–H and O–H groups in total. The van der Waals surface area contributed by atoms with Gasteiger partial charge < -0.3 is 10.6 Å². The van der Waals surface area contributed by atoms with Gasteiger partial charge in [0.1, 0.15) is 5.82 Å². The maximum Gasteiger partial charge on any atom is 0.251 e. The molecule has 1 aliphatic heterocycles. The fourth-order valence-corrected chi connectivity index (χ4v) is 3.92. The minimum atomic E-state index is -0.257. The Bertz CT molecular complexity index is 869. The second kappa shape index (κ2) is 10.3. The number of nitrogens with zero attached hydrogens (tertiary/aromatic N) is 1. The van der Waals surface area contributed by atoms with Crippen molar-refractivity contribution in [1.82, 2.24) is 15.5 Å². The first-order valence-corrected chi connectivity index (χ1v) is 10.5. The minimum Gasteiger partial charge on any atom is -0.356 e. The molecule has 3 rings (SSSR count). The van der Waals surface area contributed by atoms with Gasteiger partial charge in [-0.05, 0) is 63.1 Å². The normalized spacial score (nSPS) is 18.9. The number of likely N-dealkylation sites (N-methyl/N-ethyl adjacent to an activating group) is 1. The van der Waals surface area contributed by atoms with Crippen LogP contribution >= 0.6 is 0 Å². The number of nitrogens with one attached hydrogen (secondary N) is 2. The van der Waals surface area contributed by atoms with Crippen LogP contribution < -0.4 is 10.6 Å². The number of hydrogen-bond donors (Lipinski definition) is 2. The largest absolute Gasteiger partial charge is 0.356 e. The Morgan fingerprint density at radius 2 is 1.80 bits per heavy atom. The predicted octanol–water partition coefficient (Wildman–Crippen LogP) is 3.08. The number of amides is 2. The molecule has 0 aliphatic carbocycles. The van der Waals surface area contributed by atoms with Crippen LogP contribution in [0.25, 0.3) is 0 Å². The van der Waals surface area contributed by atoms with Crippen LogP contribution in [0.3, 0.4) is 0 Å². The summed E-state index contributed by atoms with van der Waals surface area (Å²) >= 11 is 0. The molecular formula is C24H30FN3O2. The molecule has 5 nitrogen and oxygen atoms in total. The van der Waals surface area contributed by atoms with Gasteiger partial charge in [0.2, 0.25) is 5.91 Å². The summed E-state index contributed by atoms with van der Waals surface area (Å²) in [6.45, 7) is 3.06. The van der Waals surface area contributed by atoms with Crippen molar-refractivity contribution in [2.24, 2.45) is 0 Å². The van der Waals surface area contributed by atoms with Crippen molar-refractivity contribution < 1.29 is 14.0 Å². The fourth-order valence-electron chi connectivity index (χ4n) is 3.92. The number of halogens is 1. The standard InChI is InChI=1S/C24H30FN3O2/c1-17-6-8-19(9-7-17)24(30)27-16-22-11-10-21(28(22)2)15-23(29)26-13-12-18-4-3-5-20(25)14-18/h3-9,14,21-22H,10-13,15-16H2,1-2H3,(H,26,29)(H,27,30)/t21-,22+/m1/s1. The number of aryl methyl sites for hydroxylation is 1. The van der Waals surface area contributed by atoms with Crippen molar-refractivity contribution in [1.29, 1.82) is 0 Å². The zero-order valence-electron chi connectivity index (χ0n) is 17.7. The van der Waals surface area contributed by atoms with E-state index in [9.17, 15) is 14.0 Å². The SMILES string of the molecule is Cc1ccc(C(=O)NC[C@@H]2CC[C@H](CC(=O)NCCc3cccc(F)c3)N2C)cc1. The molecule has 160 valence electrons. The molecule has 6 heteroatoms. The molecule has 0 bridgehead atoms. The molecule has 1 heterocycles. The summed E-state index contributed by atoms with van der Waals surface area (Å²) in [5, 5.41) is 5.94. The fraction of sp³-hybridized carbons (Fsp3) is 0.417. The summed E-state index contributed by atoms with van der Waals surface area (Å²) in [7, 11) is 2.01. The Morgan fingerprint density at radius 1 is 1.07 bits per heavy atom. The highest BCUT2D eigenvalue weighted by Gasteiger charge is 2.31. The van der Waals surface area contributed by atoms with Crippen molar-refractivity contribution in [3.63, 3.8) is 0 Å². The van der Waals surface area contributed by atoms with E-state index in [2.05, 4.69) is 15.5 Å². The first-order valence-electron chi connectivity index (χ1n) is 10.5. The van der Waals surface area contributed by atoms with Crippen molar-refractivity contribution in [3.8, 4) is 0 Å². The first kappa shape index (κ1) is 22.0. The van der Waals surface area contributed by atoms with E-state index in [1.165, 1.54) is 12.1 Å². The summed E-state index contributed by atoms with van der Waals surface area (Å²) in [6.07, 6.45) is 2.92. The summed E-state index contributed by atoms with van der Waals surface area (Å²) in [6, 6.07) is 14.4. The molecule has 1 fully saturated rings. The van der Waals surface area contributed by atoms with E-state index in [-0.39, 0.29) is 29.7 Å². The predicted molar refractivity (Wildman–Crippen MR) is 116 cm³/mol. The lowest BCUT2D eigenvalue weighted by Gasteiger charge is -2.25. The lowest BCUT2D eigenvalue weighted by Crippen LogP contribution is -2.42. The van der Waals surface area contributed by atoms with Gasteiger partial charge in [0, 0.05) is 37.2 Å². The van der Waals surface area contributed by atoms with E-state index in [0.29, 0.717) is 31.5 Å². The Balaban J connectivity index is 1.39. The lowest BCUT2D eigenvalue weighted by atomic mass is 10.1. The van der Waals surface area contributed by atoms with Crippen LogP contribution in [0.15, 0.2) is 48.5 Å². The van der Waals surface area contributed by atoms with E-state index in [4.69, 9.17) is 0 Å². The molecule has 2 aromatic carbocycles. The van der Waals surface area contributed by atoms with Crippen molar-refractivity contribution in [3.05, 3.63) is 71.0 Å². The molecule has 30 heavy (non-hydrogen) atoms. The molecule has 1 saturated heterocycles. The molecule has 0 radical (unpaired) electrons. The van der Waals surface area contributed by atoms with Gasteiger partial charge in [-0.2, -0.15) is 0 Å². The van der Waals surface area contributed by atoms with Gasteiger partial charge in [0.25, 0.3) is 5.91 Å². The van der Waals surface area contributed by atoms with E-state index >= 15 is 0 Å². The quantitative estimate of drug-likeness (QED) is 0.702. The topological polar surface area (TPSA) is 61.4 Å². The van der Waals surface area contributed by atoms with Gasteiger partial charge in [0.05, 0.1) is 0 Å². The number of hydrogen-bond acceptors (Lipinski definition) is 3. The summed E-state index contributed by atoms with van der Waals surface area (Å²) in [4.78, 5) is 26.8. The first-order chi connectivity index (χ1) is 14.4. The van der Waals surface area contributed by atoms with Crippen LogP contribution in [0.4, 0.5) is 4.39 Å². The maximum atomic E-state index is 13.2. The second-order valence-corrected chi connectivity index (χ2v) is 8.06. The molecule has 2 atom stereocenters. The monoisotopic (exact) mass is 411 g/mol. The average Bonchev–Trinajstić information content (AvgIpc) is 3.06. The van der Waals surface area contributed by atoms with E-state index in [0.717, 1.165) is 24.0 Å². The number of likely N-dealkylation sites (tertiary alicyclic amines) is 1. The van der Waals surface area contributed by atoms with Crippen LogP contribution in [0.1, 0.15) is 40.7 Å². The Labute approximate surface area is 177 Å². The third kappa shape index (κ3) is 6.13. The molecule has 2 aromatic rings. The number of benzene rings is 2. The van der Waals surface area contributed by atoms with Crippen LogP contribution in [0, 0.1) is 12.7 Å². The molecule has 0 unspecified atom stereocenters. The van der Waals surface area contributed by atoms with Crippen LogP contribution in [-0.4, -0.2) is 48.9 Å². The molecule has 2 amide bonds. The number of rotatable bonds is 8. The number of carbonyl (C=O) groups is 2. The smallest absolute Gasteiger partial charge is 0.251 e. The lowest BCUT2D eigenvalue weighted by molar-refractivity contribution is -0.122. The van der Waals surface area contributed by atoms with Crippen LogP contribution in [0.5, 0.6) is 0 Å². The molecule has 0 spiro atoms. The van der Waals surface area contributed by atoms with Crippen LogP contribution in [0.2, 0.25) is 0 Å². The van der Waals surface area contributed by atoms with Crippen molar-refractivity contribution in [2.75, 3.05) is 20.1 Å². The Morgan fingerprint density at radius 3 is 2.53 bits per heavy atom. The molecule has 1 aliphatic rings. The third-order valence-corrected chi connectivity index (χ3v) is 5.84. The highest BCUT2D eigenvalue weighted by molar-refractivity contribution is 5.94. The highest BCUT2D eigenvalue weighted by atomic mass is 19.1. The maximum absolute atomic E-state index is 13.2. The van der Waals surface area contributed by atoms with E-state index in [1.54, 1.807) is 6.07 Å². The van der Waals surface area contributed by atoms with Gasteiger partial charge in [-0.3, -0.25) is 14.5 Å². The van der Waals surface area contributed by atoms with Gasteiger partial charge >= 0.3 is 0 Å². The average molecular weight is 412 g/mol. The van der Waals surface area contributed by atoms with Gasteiger partial charge in [-0.1, -0.05) is 29.8 Å². The van der Waals surface area contributed by atoms with Gasteiger partial charge in [0.15, 0.2) is 0 Å². The van der Waals surface area contributed by atoms with Crippen molar-refractivity contribution in [2.45, 2.75) is 44.7 Å². The Hall–Kier alpha value is -2.73. The van der Waals surface area contributed by atoms with E-state index < -0.39 is 0 Å². The molecular weight excluding hydrogens is 381 g/mol. The number of carbonyl (C=O) groups excluding carboxylic acids is 2. The zero-order valence-corrected chi connectivity index (χ0v) is 17.7. The second-order valence-electron chi connectivity index (χ2n) is 8.06.